The third-order valence-electron chi connectivity index (χ3n) is 3.18. The average molecular weight is 297 g/mol. The summed E-state index contributed by atoms with van der Waals surface area (Å²) >= 11 is 0. The van der Waals surface area contributed by atoms with E-state index in [1.165, 1.54) is 24.3 Å². The number of nitrogens with one attached hydrogen (secondary N) is 1. The summed E-state index contributed by atoms with van der Waals surface area (Å²) in [6.07, 6.45) is 0. The van der Waals surface area contributed by atoms with E-state index in [-0.39, 0.29) is 11.3 Å². The van der Waals surface area contributed by atoms with Crippen LogP contribution < -0.4 is 5.43 Å². The number of hydrogen-bond acceptors (Lipinski definition) is 4. The van der Waals surface area contributed by atoms with Crippen LogP contribution in [0.25, 0.3) is 0 Å². The van der Waals surface area contributed by atoms with E-state index in [2.05, 4.69) is 10.5 Å². The molecule has 0 atom stereocenters. The minimum Gasteiger partial charge on any atom is -0.267 e. The lowest BCUT2D eigenvalue weighted by Gasteiger charge is -2.05. The molecule has 1 N–H and O–H groups in total. The Balaban J connectivity index is 2.16. The maximum Gasteiger partial charge on any atom is 0.271 e. The Morgan fingerprint density at radius 1 is 1.18 bits per heavy atom. The summed E-state index contributed by atoms with van der Waals surface area (Å²) in [5.74, 6) is -0.489. The zero-order chi connectivity index (χ0) is 16.1. The molecule has 2 aromatic rings. The van der Waals surface area contributed by atoms with Gasteiger partial charge in [0.15, 0.2) is 0 Å². The Bertz CT molecular complexity index is 754. The molecule has 6 nitrogen and oxygen atoms in total. The lowest BCUT2D eigenvalue weighted by atomic mass is 10.1. The highest BCUT2D eigenvalue weighted by molar-refractivity contribution is 6.01. The highest BCUT2D eigenvalue weighted by atomic mass is 16.6. The predicted octanol–water partition coefficient (Wildman–Crippen LogP) is 3.06. The SMILES string of the molecule is C/C(=N/NC(=O)c1cccc([N+](=O)[O-])c1)c1ccccc1C. The van der Waals surface area contributed by atoms with Crippen molar-refractivity contribution >= 4 is 17.3 Å². The zero-order valence-corrected chi connectivity index (χ0v) is 12.2. The quantitative estimate of drug-likeness (QED) is 0.534. The van der Waals surface area contributed by atoms with Gasteiger partial charge in [-0.05, 0) is 25.5 Å². The van der Waals surface area contributed by atoms with Crippen LogP contribution in [-0.4, -0.2) is 16.5 Å². The molecule has 2 aromatic carbocycles. The second-order valence-corrected chi connectivity index (χ2v) is 4.76. The minimum absolute atomic E-state index is 0.132. The van der Waals surface area contributed by atoms with E-state index in [1.807, 2.05) is 31.2 Å². The number of nitro groups is 1. The fourth-order valence-electron chi connectivity index (χ4n) is 2.00. The van der Waals surface area contributed by atoms with Crippen LogP contribution >= 0.6 is 0 Å². The summed E-state index contributed by atoms with van der Waals surface area (Å²) < 4.78 is 0. The number of aryl methyl sites for hydroxylation is 1. The van der Waals surface area contributed by atoms with Gasteiger partial charge in [-0.3, -0.25) is 14.9 Å². The van der Waals surface area contributed by atoms with Gasteiger partial charge in [-0.15, -0.1) is 0 Å². The number of hydrogen-bond donors (Lipinski definition) is 1. The number of nitro benzene ring substituents is 1. The van der Waals surface area contributed by atoms with E-state index in [0.29, 0.717) is 5.71 Å². The summed E-state index contributed by atoms with van der Waals surface area (Å²) in [5.41, 5.74) is 5.12. The number of amides is 1. The van der Waals surface area contributed by atoms with Crippen LogP contribution in [0.4, 0.5) is 5.69 Å². The molecule has 6 heteroatoms. The first kappa shape index (κ1) is 15.4. The highest BCUT2D eigenvalue weighted by Gasteiger charge is 2.11. The van der Waals surface area contributed by atoms with Crippen LogP contribution in [0.2, 0.25) is 0 Å². The Morgan fingerprint density at radius 2 is 1.91 bits per heavy atom. The van der Waals surface area contributed by atoms with Crippen molar-refractivity contribution in [3.05, 3.63) is 75.3 Å². The highest BCUT2D eigenvalue weighted by Crippen LogP contribution is 2.13. The Morgan fingerprint density at radius 3 is 2.59 bits per heavy atom. The average Bonchev–Trinajstić information content (AvgIpc) is 2.52. The van der Waals surface area contributed by atoms with Gasteiger partial charge in [0.1, 0.15) is 0 Å². The van der Waals surface area contributed by atoms with Crippen LogP contribution in [0.1, 0.15) is 28.4 Å². The number of benzene rings is 2. The molecule has 0 aliphatic carbocycles. The number of hydrazone groups is 1. The standard InChI is InChI=1S/C16H15N3O3/c1-11-6-3-4-9-15(11)12(2)17-18-16(20)13-7-5-8-14(10-13)19(21)22/h3-10H,1-2H3,(H,18,20)/b17-12-. The molecule has 0 bridgehead atoms. The molecule has 0 aliphatic heterocycles. The smallest absolute Gasteiger partial charge is 0.267 e. The van der Waals surface area contributed by atoms with E-state index in [1.54, 1.807) is 6.92 Å². The monoisotopic (exact) mass is 297 g/mol. The Labute approximate surface area is 127 Å². The molecule has 22 heavy (non-hydrogen) atoms. The van der Waals surface area contributed by atoms with Crippen molar-refractivity contribution in [3.8, 4) is 0 Å². The second-order valence-electron chi connectivity index (χ2n) is 4.76. The van der Waals surface area contributed by atoms with Crippen LogP contribution in [0, 0.1) is 17.0 Å². The van der Waals surface area contributed by atoms with Crippen molar-refractivity contribution < 1.29 is 9.72 Å². The van der Waals surface area contributed by atoms with Gasteiger partial charge >= 0.3 is 0 Å². The van der Waals surface area contributed by atoms with Crippen molar-refractivity contribution in [2.45, 2.75) is 13.8 Å². The van der Waals surface area contributed by atoms with Gasteiger partial charge < -0.3 is 0 Å². The van der Waals surface area contributed by atoms with Gasteiger partial charge in [0.25, 0.3) is 11.6 Å². The van der Waals surface area contributed by atoms with Crippen molar-refractivity contribution in [2.75, 3.05) is 0 Å². The third kappa shape index (κ3) is 3.54. The molecule has 0 saturated heterocycles. The summed E-state index contributed by atoms with van der Waals surface area (Å²) in [7, 11) is 0. The van der Waals surface area contributed by atoms with Gasteiger partial charge in [0, 0.05) is 23.3 Å². The van der Waals surface area contributed by atoms with Crippen molar-refractivity contribution in [2.24, 2.45) is 5.10 Å². The molecule has 112 valence electrons. The first-order valence-corrected chi connectivity index (χ1v) is 6.64. The summed E-state index contributed by atoms with van der Waals surface area (Å²) in [6.45, 7) is 3.74. The minimum atomic E-state index is -0.543. The fourth-order valence-corrected chi connectivity index (χ4v) is 2.00. The molecule has 0 spiro atoms. The van der Waals surface area contributed by atoms with Crippen LogP contribution in [0.15, 0.2) is 53.6 Å². The van der Waals surface area contributed by atoms with Crippen LogP contribution in [0.3, 0.4) is 0 Å². The Kier molecular flexibility index (Phi) is 4.63. The van der Waals surface area contributed by atoms with Gasteiger partial charge in [-0.2, -0.15) is 5.10 Å². The first-order chi connectivity index (χ1) is 10.5. The van der Waals surface area contributed by atoms with Crippen molar-refractivity contribution in [1.82, 2.24) is 5.43 Å². The molecular formula is C16H15N3O3. The maximum absolute atomic E-state index is 12.0. The number of rotatable bonds is 4. The summed E-state index contributed by atoms with van der Waals surface area (Å²) in [4.78, 5) is 22.2. The largest absolute Gasteiger partial charge is 0.271 e. The molecule has 0 heterocycles. The van der Waals surface area contributed by atoms with E-state index < -0.39 is 10.8 Å². The number of nitrogens with zero attached hydrogens (tertiary/aromatic N) is 2. The van der Waals surface area contributed by atoms with E-state index in [4.69, 9.17) is 0 Å². The van der Waals surface area contributed by atoms with Crippen molar-refractivity contribution in [1.29, 1.82) is 0 Å². The molecule has 0 radical (unpaired) electrons. The maximum atomic E-state index is 12.0. The molecule has 0 fully saturated rings. The predicted molar refractivity (Wildman–Crippen MR) is 84.0 cm³/mol. The van der Waals surface area contributed by atoms with Crippen LogP contribution in [0.5, 0.6) is 0 Å². The molecule has 0 unspecified atom stereocenters. The number of carbonyl (C=O) groups excluding carboxylic acids is 1. The summed E-state index contributed by atoms with van der Waals surface area (Å²) in [6, 6.07) is 13.2. The van der Waals surface area contributed by atoms with Gasteiger partial charge in [0.05, 0.1) is 10.6 Å². The van der Waals surface area contributed by atoms with Crippen LogP contribution in [-0.2, 0) is 0 Å². The Hall–Kier alpha value is -3.02. The molecule has 0 aliphatic rings. The fraction of sp³-hybridized carbons (Fsp3) is 0.125. The lowest BCUT2D eigenvalue weighted by molar-refractivity contribution is -0.384. The van der Waals surface area contributed by atoms with Gasteiger partial charge in [-0.1, -0.05) is 30.3 Å². The molecular weight excluding hydrogens is 282 g/mol. The van der Waals surface area contributed by atoms with Gasteiger partial charge in [-0.25, -0.2) is 5.43 Å². The molecule has 1 amide bonds. The molecule has 0 aromatic heterocycles. The topological polar surface area (TPSA) is 84.6 Å². The van der Waals surface area contributed by atoms with E-state index >= 15 is 0 Å². The first-order valence-electron chi connectivity index (χ1n) is 6.64. The van der Waals surface area contributed by atoms with E-state index in [0.717, 1.165) is 11.1 Å². The lowest BCUT2D eigenvalue weighted by Crippen LogP contribution is -2.19. The normalized spacial score (nSPS) is 11.1. The third-order valence-corrected chi connectivity index (χ3v) is 3.18. The number of carbonyl (C=O) groups is 1. The number of non-ortho nitro benzene ring substituents is 1. The molecule has 2 rings (SSSR count). The van der Waals surface area contributed by atoms with E-state index in [9.17, 15) is 14.9 Å². The van der Waals surface area contributed by atoms with Crippen molar-refractivity contribution in [3.63, 3.8) is 0 Å². The molecule has 0 saturated carbocycles. The zero-order valence-electron chi connectivity index (χ0n) is 12.2. The second kappa shape index (κ2) is 6.62. The summed E-state index contributed by atoms with van der Waals surface area (Å²) in [5, 5.41) is 14.8. The van der Waals surface area contributed by atoms with Gasteiger partial charge in [0.2, 0.25) is 0 Å².